The number of piperazine rings is 1. The minimum Gasteiger partial charge on any atom is -0.379 e. The first kappa shape index (κ1) is 28.9. The molecule has 3 fully saturated rings. The summed E-state index contributed by atoms with van der Waals surface area (Å²) < 4.78 is 92.7. The van der Waals surface area contributed by atoms with E-state index >= 15 is 0 Å². The second kappa shape index (κ2) is 10.6. The molecular weight excluding hydrogens is 538 g/mol. The van der Waals surface area contributed by atoms with Gasteiger partial charge in [0.15, 0.2) is 0 Å². The summed E-state index contributed by atoms with van der Waals surface area (Å²) in [5.41, 5.74) is -3.50. The Morgan fingerprint density at radius 3 is 2.23 bits per heavy atom. The lowest BCUT2D eigenvalue weighted by Gasteiger charge is -2.57. The summed E-state index contributed by atoms with van der Waals surface area (Å²) >= 11 is 0. The van der Waals surface area contributed by atoms with Crippen LogP contribution in [0.1, 0.15) is 61.0 Å². The van der Waals surface area contributed by atoms with Gasteiger partial charge in [-0.25, -0.2) is 0 Å². The average Bonchev–Trinajstić information content (AvgIpc) is 3.72. The molecule has 3 aliphatic rings. The third kappa shape index (κ3) is 6.16. The Morgan fingerprint density at radius 2 is 1.62 bits per heavy atom. The zero-order valence-corrected chi connectivity index (χ0v) is 22.1. The van der Waals surface area contributed by atoms with E-state index in [1.165, 1.54) is 6.92 Å². The van der Waals surface area contributed by atoms with E-state index in [1.54, 1.807) is 0 Å². The van der Waals surface area contributed by atoms with E-state index in [9.17, 15) is 31.1 Å². The van der Waals surface area contributed by atoms with Crippen LogP contribution >= 0.6 is 0 Å². The topological polar surface area (TPSA) is 50.8 Å². The van der Waals surface area contributed by atoms with Crippen molar-refractivity contribution in [1.82, 2.24) is 10.2 Å². The van der Waals surface area contributed by atoms with Gasteiger partial charge in [0, 0.05) is 13.2 Å². The van der Waals surface area contributed by atoms with Crippen molar-refractivity contribution in [3.8, 4) is 0 Å². The number of amides is 1. The van der Waals surface area contributed by atoms with Gasteiger partial charge in [0.2, 0.25) is 5.91 Å². The first-order chi connectivity index (χ1) is 18.8. The Kier molecular flexibility index (Phi) is 7.69. The molecule has 1 amide bonds. The van der Waals surface area contributed by atoms with Crippen molar-refractivity contribution >= 4 is 5.91 Å². The molecule has 40 heavy (non-hydrogen) atoms. The molecule has 4 atom stereocenters. The molecule has 0 spiro atoms. The molecule has 2 aromatic carbocycles. The molecule has 1 saturated carbocycles. The van der Waals surface area contributed by atoms with E-state index < -0.39 is 40.7 Å². The second-order valence-electron chi connectivity index (χ2n) is 11.3. The van der Waals surface area contributed by atoms with E-state index in [-0.39, 0.29) is 30.7 Å². The van der Waals surface area contributed by atoms with Crippen LogP contribution in [0, 0.1) is 5.92 Å². The zero-order chi connectivity index (χ0) is 28.8. The van der Waals surface area contributed by atoms with Gasteiger partial charge < -0.3 is 14.8 Å². The van der Waals surface area contributed by atoms with E-state index in [0.717, 1.165) is 18.4 Å². The van der Waals surface area contributed by atoms with Crippen molar-refractivity contribution in [3.05, 3.63) is 70.8 Å². The fraction of sp³-hybridized carbons (Fsp3) is 0.552. The molecule has 2 heterocycles. The van der Waals surface area contributed by atoms with Crippen LogP contribution in [0.4, 0.5) is 26.3 Å². The number of benzene rings is 2. The monoisotopic (exact) mass is 570 g/mol. The number of carbonyl (C=O) groups excluding carboxylic acids is 1. The lowest BCUT2D eigenvalue weighted by molar-refractivity contribution is -0.148. The molecule has 1 aliphatic carbocycles. The highest BCUT2D eigenvalue weighted by Gasteiger charge is 2.53. The maximum Gasteiger partial charge on any atom is 0.416 e. The zero-order valence-electron chi connectivity index (χ0n) is 22.1. The second-order valence-corrected chi connectivity index (χ2v) is 11.3. The number of nitrogens with zero attached hydrogens (tertiary/aromatic N) is 1. The number of alkyl halides is 6. The molecule has 5 rings (SSSR count). The normalized spacial score (nSPS) is 27.8. The molecule has 2 bridgehead atoms. The van der Waals surface area contributed by atoms with Crippen molar-refractivity contribution in [2.24, 2.45) is 5.92 Å². The fourth-order valence-electron chi connectivity index (χ4n) is 5.77. The van der Waals surface area contributed by atoms with Gasteiger partial charge in [0.05, 0.1) is 48.1 Å². The molecule has 2 aliphatic heterocycles. The van der Waals surface area contributed by atoms with Gasteiger partial charge in [0.1, 0.15) is 0 Å². The fourth-order valence-corrected chi connectivity index (χ4v) is 5.77. The molecule has 2 saturated heterocycles. The van der Waals surface area contributed by atoms with Gasteiger partial charge in [0.25, 0.3) is 0 Å². The predicted octanol–water partition coefficient (Wildman–Crippen LogP) is 6.09. The number of ether oxygens (including phenoxy) is 2. The van der Waals surface area contributed by atoms with Crippen molar-refractivity contribution in [1.29, 1.82) is 0 Å². The maximum atomic E-state index is 13.4. The number of halogens is 6. The summed E-state index contributed by atoms with van der Waals surface area (Å²) in [5.74, 6) is 0.407. The van der Waals surface area contributed by atoms with E-state index in [0.29, 0.717) is 50.7 Å². The van der Waals surface area contributed by atoms with Crippen LogP contribution in [0.2, 0.25) is 0 Å². The maximum absolute atomic E-state index is 13.4. The lowest BCUT2D eigenvalue weighted by atomic mass is 9.73. The van der Waals surface area contributed by atoms with Crippen molar-refractivity contribution < 1.29 is 40.6 Å². The Morgan fingerprint density at radius 1 is 0.975 bits per heavy atom. The number of rotatable bonds is 9. The summed E-state index contributed by atoms with van der Waals surface area (Å²) in [7, 11) is 0. The van der Waals surface area contributed by atoms with Gasteiger partial charge in [-0.1, -0.05) is 30.3 Å². The molecule has 218 valence electrons. The van der Waals surface area contributed by atoms with Gasteiger partial charge in [-0.15, -0.1) is 0 Å². The number of nitrogens with one attached hydrogen (secondary N) is 1. The van der Waals surface area contributed by atoms with Crippen molar-refractivity contribution in [2.45, 2.75) is 62.1 Å². The summed E-state index contributed by atoms with van der Waals surface area (Å²) in [4.78, 5) is 14.9. The summed E-state index contributed by atoms with van der Waals surface area (Å²) in [6.07, 6.45) is -7.55. The van der Waals surface area contributed by atoms with Crippen molar-refractivity contribution in [2.75, 3.05) is 32.9 Å². The lowest BCUT2D eigenvalue weighted by Crippen LogP contribution is -2.73. The standard InChI is InChI=1S/C29H32F6N2O3/c1-19(21-11-23(28(30,31)32)13-24(12-21)29(33,34)35)40-18-27(22-5-3-2-4-6-22)10-9-26(17-39-15-20-7-8-20)16-37(27)14-25(38)36-26/h2-6,11-13,19-20H,7-10,14-18H2,1H3,(H,36,38)/t19-,26-,27-/m1/s1. The molecular formula is C29H32F6N2O3. The number of hydrogen-bond donors (Lipinski definition) is 1. The van der Waals surface area contributed by atoms with Crippen molar-refractivity contribution in [3.63, 3.8) is 0 Å². The summed E-state index contributed by atoms with van der Waals surface area (Å²) in [6.45, 7) is 3.01. The van der Waals surface area contributed by atoms with E-state index in [1.807, 2.05) is 35.2 Å². The first-order valence-corrected chi connectivity index (χ1v) is 13.4. The van der Waals surface area contributed by atoms with Crippen LogP contribution in [0.15, 0.2) is 48.5 Å². The Balaban J connectivity index is 1.41. The van der Waals surface area contributed by atoms with Gasteiger partial charge in [-0.05, 0) is 67.9 Å². The molecule has 1 N–H and O–H groups in total. The minimum atomic E-state index is -4.95. The van der Waals surface area contributed by atoms with Crippen LogP contribution in [0.3, 0.4) is 0 Å². The quantitative estimate of drug-likeness (QED) is 0.371. The first-order valence-electron chi connectivity index (χ1n) is 13.4. The number of piperidine rings is 1. The molecule has 0 aromatic heterocycles. The third-order valence-electron chi connectivity index (χ3n) is 8.25. The number of carbonyl (C=O) groups is 1. The third-order valence-corrected chi connectivity index (χ3v) is 8.25. The van der Waals surface area contributed by atoms with Crippen LogP contribution in [-0.2, 0) is 32.2 Å². The Bertz CT molecular complexity index is 1180. The molecule has 0 radical (unpaired) electrons. The number of fused-ring (bicyclic) bond motifs is 2. The minimum absolute atomic E-state index is 0.0257. The van der Waals surface area contributed by atoms with Crippen LogP contribution < -0.4 is 5.32 Å². The molecule has 2 aromatic rings. The molecule has 1 unspecified atom stereocenters. The van der Waals surface area contributed by atoms with Gasteiger partial charge in [-0.3, -0.25) is 9.69 Å². The number of hydrogen-bond acceptors (Lipinski definition) is 4. The highest BCUT2D eigenvalue weighted by atomic mass is 19.4. The molecule has 11 heteroatoms. The summed E-state index contributed by atoms with van der Waals surface area (Å²) in [5, 5.41) is 3.12. The predicted molar refractivity (Wildman–Crippen MR) is 134 cm³/mol. The Hall–Kier alpha value is -2.63. The average molecular weight is 571 g/mol. The Labute approximate surface area is 228 Å². The van der Waals surface area contributed by atoms with E-state index in [4.69, 9.17) is 9.47 Å². The smallest absolute Gasteiger partial charge is 0.379 e. The van der Waals surface area contributed by atoms with Crippen LogP contribution in [0.25, 0.3) is 0 Å². The van der Waals surface area contributed by atoms with E-state index in [2.05, 4.69) is 5.32 Å². The van der Waals surface area contributed by atoms with Gasteiger partial charge in [-0.2, -0.15) is 26.3 Å². The van der Waals surface area contributed by atoms with Gasteiger partial charge >= 0.3 is 12.4 Å². The highest BCUT2D eigenvalue weighted by molar-refractivity contribution is 5.80. The van der Waals surface area contributed by atoms with Crippen LogP contribution in [0.5, 0.6) is 0 Å². The van der Waals surface area contributed by atoms with Crippen LogP contribution in [-0.4, -0.2) is 49.3 Å². The highest BCUT2D eigenvalue weighted by Crippen LogP contribution is 2.44. The molecule has 5 nitrogen and oxygen atoms in total. The largest absolute Gasteiger partial charge is 0.416 e. The summed E-state index contributed by atoms with van der Waals surface area (Å²) in [6, 6.07) is 10.9. The SMILES string of the molecule is C[C@@H](OC[C@@]1(c2ccccc2)CC[C@]2(COCC3CC3)CN1CC(=O)N2)c1cc(C(F)(F)F)cc(C(F)(F)F)c1.